The zero-order valence-electron chi connectivity index (χ0n) is 18.9. The molecule has 5 N–H and O–H groups in total. The predicted octanol–water partition coefficient (Wildman–Crippen LogP) is 2.98. The number of aromatic nitrogens is 4. The Balaban J connectivity index is 1.09. The summed E-state index contributed by atoms with van der Waals surface area (Å²) in [6.45, 7) is 0. The van der Waals surface area contributed by atoms with E-state index in [1.54, 1.807) is 0 Å². The molecule has 3 aliphatic rings. The predicted molar refractivity (Wildman–Crippen MR) is 130 cm³/mol. The highest BCUT2D eigenvalue weighted by molar-refractivity contribution is 5.86. The molecule has 7 rings (SSSR count). The van der Waals surface area contributed by atoms with Crippen LogP contribution in [-0.4, -0.2) is 47.5 Å². The van der Waals surface area contributed by atoms with E-state index in [1.807, 2.05) is 16.8 Å². The lowest BCUT2D eigenvalue weighted by Gasteiger charge is -2.19. The molecule has 34 heavy (non-hydrogen) atoms. The lowest BCUT2D eigenvalue weighted by molar-refractivity contribution is 0.00545. The fourth-order valence-electron chi connectivity index (χ4n) is 6.04. The number of nitrogens with two attached hydrogens (primary N) is 1. The molecule has 0 saturated heterocycles. The molecule has 0 radical (unpaired) electrons. The van der Waals surface area contributed by atoms with Gasteiger partial charge in [0.25, 0.3) is 0 Å². The van der Waals surface area contributed by atoms with E-state index in [-0.39, 0.29) is 17.5 Å². The molecule has 0 unspecified atom stereocenters. The molecule has 3 aromatic heterocycles. The Morgan fingerprint density at radius 1 is 1.12 bits per heavy atom. The number of hydrogen-bond acceptors (Lipinski definition) is 7. The molecule has 4 atom stereocenters. The third-order valence-corrected chi connectivity index (χ3v) is 8.20. The minimum absolute atomic E-state index is 0.00305. The maximum atomic E-state index is 10.8. The number of anilines is 2. The van der Waals surface area contributed by atoms with Gasteiger partial charge in [-0.25, -0.2) is 15.0 Å². The zero-order valence-corrected chi connectivity index (χ0v) is 18.9. The fourth-order valence-corrected chi connectivity index (χ4v) is 6.04. The number of fused-ring (bicyclic) bond motifs is 3. The molecule has 0 amide bonds. The number of rotatable bonds is 4. The van der Waals surface area contributed by atoms with Crippen LogP contribution in [0.2, 0.25) is 0 Å². The topological polar surface area (TPSA) is 122 Å². The SMILES string of the molecule is Nc1ncnc2c1ccn2[C@@H]1C[C@H](CCc2ccc3cc4c(nc3c2)NC2(CC2)C4)[C@@H](O)[C@H]1O. The number of nitrogens with zero attached hydrogens (tertiary/aromatic N) is 4. The van der Waals surface area contributed by atoms with E-state index in [2.05, 4.69) is 39.6 Å². The summed E-state index contributed by atoms with van der Waals surface area (Å²) in [5.41, 5.74) is 10.5. The molecule has 1 aromatic carbocycles. The summed E-state index contributed by atoms with van der Waals surface area (Å²) in [5, 5.41) is 27.2. The van der Waals surface area contributed by atoms with Crippen molar-refractivity contribution >= 4 is 33.6 Å². The summed E-state index contributed by atoms with van der Waals surface area (Å²) in [4.78, 5) is 13.3. The molecule has 2 aliphatic carbocycles. The molecule has 2 fully saturated rings. The maximum Gasteiger partial charge on any atom is 0.145 e. The number of pyridine rings is 1. The second-order valence-corrected chi connectivity index (χ2v) is 10.4. The van der Waals surface area contributed by atoms with Crippen LogP contribution in [0, 0.1) is 5.92 Å². The Bertz CT molecular complexity index is 1430. The lowest BCUT2D eigenvalue weighted by atomic mass is 9.95. The average Bonchev–Trinajstić information content (AvgIpc) is 3.16. The van der Waals surface area contributed by atoms with E-state index in [0.717, 1.165) is 36.0 Å². The van der Waals surface area contributed by atoms with Crippen molar-refractivity contribution in [2.24, 2.45) is 5.92 Å². The van der Waals surface area contributed by atoms with E-state index in [9.17, 15) is 10.2 Å². The number of nitrogens with one attached hydrogen (secondary N) is 1. The van der Waals surface area contributed by atoms with Crippen molar-refractivity contribution in [3.05, 3.63) is 54.0 Å². The summed E-state index contributed by atoms with van der Waals surface area (Å²) in [6, 6.07) is 10.4. The summed E-state index contributed by atoms with van der Waals surface area (Å²) < 4.78 is 1.93. The normalized spacial score (nSPS) is 26.9. The van der Waals surface area contributed by atoms with Gasteiger partial charge in [0, 0.05) is 17.1 Å². The van der Waals surface area contributed by atoms with E-state index >= 15 is 0 Å². The Kier molecular flexibility index (Phi) is 4.23. The van der Waals surface area contributed by atoms with Gasteiger partial charge in [-0.05, 0) is 73.8 Å². The van der Waals surface area contributed by atoms with Gasteiger partial charge in [0.1, 0.15) is 29.7 Å². The first-order valence-electron chi connectivity index (χ1n) is 12.1. The first kappa shape index (κ1) is 20.2. The number of benzene rings is 1. The van der Waals surface area contributed by atoms with E-state index in [1.165, 1.54) is 35.7 Å². The number of aliphatic hydroxyl groups is 2. The molecule has 174 valence electrons. The average molecular weight is 457 g/mol. The van der Waals surface area contributed by atoms with Crippen LogP contribution in [0.5, 0.6) is 0 Å². The maximum absolute atomic E-state index is 10.8. The first-order valence-corrected chi connectivity index (χ1v) is 12.1. The second kappa shape index (κ2) is 7.13. The number of nitrogen functional groups attached to an aromatic ring is 1. The molecule has 4 aromatic rings. The molecule has 2 saturated carbocycles. The van der Waals surface area contributed by atoms with Gasteiger partial charge in [-0.3, -0.25) is 0 Å². The van der Waals surface area contributed by atoms with Crippen LogP contribution in [0.3, 0.4) is 0 Å². The van der Waals surface area contributed by atoms with Crippen LogP contribution >= 0.6 is 0 Å². The Hall–Kier alpha value is -3.23. The molecular weight excluding hydrogens is 428 g/mol. The van der Waals surface area contributed by atoms with Crippen LogP contribution in [0.1, 0.15) is 42.9 Å². The van der Waals surface area contributed by atoms with Crippen LogP contribution in [0.25, 0.3) is 21.9 Å². The van der Waals surface area contributed by atoms with E-state index in [4.69, 9.17) is 10.7 Å². The van der Waals surface area contributed by atoms with Crippen molar-refractivity contribution < 1.29 is 10.2 Å². The summed E-state index contributed by atoms with van der Waals surface area (Å²) in [6.07, 6.45) is 7.56. The third-order valence-electron chi connectivity index (χ3n) is 8.20. The quantitative estimate of drug-likeness (QED) is 0.372. The van der Waals surface area contributed by atoms with Gasteiger partial charge in [-0.2, -0.15) is 0 Å². The molecule has 1 spiro atoms. The molecule has 1 aliphatic heterocycles. The van der Waals surface area contributed by atoms with Gasteiger partial charge < -0.3 is 25.8 Å². The van der Waals surface area contributed by atoms with E-state index < -0.39 is 12.2 Å². The van der Waals surface area contributed by atoms with Crippen molar-refractivity contribution in [2.45, 2.75) is 62.3 Å². The highest BCUT2D eigenvalue weighted by atomic mass is 16.3. The van der Waals surface area contributed by atoms with Crippen molar-refractivity contribution in [3.8, 4) is 0 Å². The first-order chi connectivity index (χ1) is 16.5. The van der Waals surface area contributed by atoms with Crippen LogP contribution < -0.4 is 11.1 Å². The lowest BCUT2D eigenvalue weighted by Crippen LogP contribution is -2.29. The number of aryl methyl sites for hydroxylation is 1. The largest absolute Gasteiger partial charge is 0.390 e. The minimum atomic E-state index is -0.849. The van der Waals surface area contributed by atoms with Gasteiger partial charge in [0.05, 0.1) is 23.0 Å². The van der Waals surface area contributed by atoms with Crippen molar-refractivity contribution in [2.75, 3.05) is 11.1 Å². The molecule has 8 nitrogen and oxygen atoms in total. The highest BCUT2D eigenvalue weighted by Crippen LogP contribution is 2.48. The van der Waals surface area contributed by atoms with Crippen molar-refractivity contribution in [1.82, 2.24) is 19.5 Å². The number of hydrogen-bond donors (Lipinski definition) is 4. The second-order valence-electron chi connectivity index (χ2n) is 10.4. The van der Waals surface area contributed by atoms with Gasteiger partial charge in [-0.15, -0.1) is 0 Å². The highest BCUT2D eigenvalue weighted by Gasteiger charge is 2.47. The smallest absolute Gasteiger partial charge is 0.145 e. The monoisotopic (exact) mass is 456 g/mol. The summed E-state index contributed by atoms with van der Waals surface area (Å²) in [7, 11) is 0. The van der Waals surface area contributed by atoms with Crippen LogP contribution in [0.4, 0.5) is 11.6 Å². The van der Waals surface area contributed by atoms with Gasteiger partial charge in [0.15, 0.2) is 0 Å². The molecular formula is C26H28N6O2. The summed E-state index contributed by atoms with van der Waals surface area (Å²) >= 11 is 0. The Morgan fingerprint density at radius 3 is 2.85 bits per heavy atom. The van der Waals surface area contributed by atoms with Crippen molar-refractivity contribution in [3.63, 3.8) is 0 Å². The number of aliphatic hydroxyl groups excluding tert-OH is 2. The summed E-state index contributed by atoms with van der Waals surface area (Å²) in [5.74, 6) is 1.46. The minimum Gasteiger partial charge on any atom is -0.390 e. The zero-order chi connectivity index (χ0) is 23.0. The Morgan fingerprint density at radius 2 is 2.00 bits per heavy atom. The Labute approximate surface area is 196 Å². The van der Waals surface area contributed by atoms with Crippen molar-refractivity contribution in [1.29, 1.82) is 0 Å². The van der Waals surface area contributed by atoms with Gasteiger partial charge in [0.2, 0.25) is 0 Å². The van der Waals surface area contributed by atoms with Crippen LogP contribution in [0.15, 0.2) is 42.9 Å². The molecule has 4 heterocycles. The van der Waals surface area contributed by atoms with Gasteiger partial charge >= 0.3 is 0 Å². The van der Waals surface area contributed by atoms with Gasteiger partial charge in [-0.1, -0.05) is 12.1 Å². The fraction of sp³-hybridized carbons (Fsp3) is 0.423. The molecule has 0 bridgehead atoms. The standard InChI is InChI=1S/C26H28N6O2/c27-23-18-5-8-32(25(18)29-13-28-23)20-11-16(21(33)22(20)34)4-2-14-1-3-15-10-17-12-26(6-7-26)31-24(17)30-19(15)9-14/h1,3,5,8-10,13,16,20-22,33-34H,2,4,6-7,11-12H2,(H,30,31)(H2,27,28,29)/t16-,20+,21+,22-/m0/s1. The van der Waals surface area contributed by atoms with Crippen LogP contribution in [-0.2, 0) is 12.8 Å². The van der Waals surface area contributed by atoms with E-state index in [0.29, 0.717) is 17.9 Å². The third kappa shape index (κ3) is 3.09. The molecule has 8 heteroatoms.